The lowest BCUT2D eigenvalue weighted by atomic mass is 10.1. The molecule has 1 N–H and O–H groups in total. The number of aliphatic hydroxyl groups is 1. The molecule has 1 aliphatic rings. The van der Waals surface area contributed by atoms with E-state index in [0.29, 0.717) is 12.1 Å². The van der Waals surface area contributed by atoms with Gasteiger partial charge in [0.05, 0.1) is 13.2 Å². The predicted molar refractivity (Wildman–Crippen MR) is 93.0 cm³/mol. The average molecular weight is 348 g/mol. The van der Waals surface area contributed by atoms with Crippen molar-refractivity contribution in [2.75, 3.05) is 44.7 Å². The fraction of sp³-hybridized carbons (Fsp3) is 0.368. The minimum absolute atomic E-state index is 0.400. The third-order valence-corrected chi connectivity index (χ3v) is 4.57. The van der Waals surface area contributed by atoms with Gasteiger partial charge in [0.1, 0.15) is 5.75 Å². The molecule has 0 amide bonds. The maximum absolute atomic E-state index is 13.3. The topological polar surface area (TPSA) is 35.9 Å². The Kier molecular flexibility index (Phi) is 5.50. The van der Waals surface area contributed by atoms with Crippen molar-refractivity contribution in [2.24, 2.45) is 0 Å². The average Bonchev–Trinajstić information content (AvgIpc) is 2.64. The highest BCUT2D eigenvalue weighted by molar-refractivity contribution is 5.49. The molecule has 1 heterocycles. The van der Waals surface area contributed by atoms with Crippen molar-refractivity contribution in [1.29, 1.82) is 0 Å². The summed E-state index contributed by atoms with van der Waals surface area (Å²) in [5, 5.41) is 10.3. The van der Waals surface area contributed by atoms with Crippen LogP contribution < -0.4 is 9.64 Å². The van der Waals surface area contributed by atoms with Crippen LogP contribution in [0.25, 0.3) is 0 Å². The second kappa shape index (κ2) is 7.80. The molecule has 1 saturated heterocycles. The molecule has 0 radical (unpaired) electrons. The number of β-amino-alcohol motifs (C(OH)–C–C–N with tert-alkyl or cyclic N) is 1. The Morgan fingerprint density at radius 2 is 1.68 bits per heavy atom. The van der Waals surface area contributed by atoms with Gasteiger partial charge in [-0.05, 0) is 42.0 Å². The number of halogens is 2. The molecule has 0 aromatic heterocycles. The van der Waals surface area contributed by atoms with E-state index in [1.165, 1.54) is 6.07 Å². The molecule has 1 atom stereocenters. The lowest BCUT2D eigenvalue weighted by Crippen LogP contribution is -2.47. The molecule has 2 aromatic rings. The van der Waals surface area contributed by atoms with Crippen molar-refractivity contribution in [1.82, 2.24) is 4.90 Å². The van der Waals surface area contributed by atoms with Gasteiger partial charge in [0, 0.05) is 38.4 Å². The normalized spacial score (nSPS) is 16.7. The highest BCUT2D eigenvalue weighted by Gasteiger charge is 2.20. The summed E-state index contributed by atoms with van der Waals surface area (Å²) in [4.78, 5) is 4.41. The number of aliphatic hydroxyl groups excluding tert-OH is 1. The minimum atomic E-state index is -0.930. The molecule has 2 aromatic carbocycles. The van der Waals surface area contributed by atoms with E-state index < -0.39 is 17.7 Å². The molecule has 0 saturated carbocycles. The molecule has 1 fully saturated rings. The van der Waals surface area contributed by atoms with E-state index in [1.54, 1.807) is 7.11 Å². The first-order valence-electron chi connectivity index (χ1n) is 8.31. The fourth-order valence-electron chi connectivity index (χ4n) is 3.05. The molecule has 4 nitrogen and oxygen atoms in total. The highest BCUT2D eigenvalue weighted by atomic mass is 19.2. The van der Waals surface area contributed by atoms with Gasteiger partial charge >= 0.3 is 0 Å². The fourth-order valence-corrected chi connectivity index (χ4v) is 3.05. The molecule has 0 bridgehead atoms. The standard InChI is InChI=1S/C19H22F2N2O2/c1-25-16-5-3-15(4-6-16)23-10-8-22(9-11-23)13-19(24)14-2-7-17(20)18(21)12-14/h2-7,12,19,24H,8-11,13H2,1H3/t19-/m0/s1. The number of hydrogen-bond acceptors (Lipinski definition) is 4. The van der Waals surface area contributed by atoms with Gasteiger partial charge in [-0.1, -0.05) is 6.07 Å². The minimum Gasteiger partial charge on any atom is -0.497 e. The van der Waals surface area contributed by atoms with Crippen LogP contribution in [0.5, 0.6) is 5.75 Å². The first-order chi connectivity index (χ1) is 12.1. The third-order valence-electron chi connectivity index (χ3n) is 4.57. The quantitative estimate of drug-likeness (QED) is 0.901. The lowest BCUT2D eigenvalue weighted by Gasteiger charge is -2.37. The van der Waals surface area contributed by atoms with Crippen molar-refractivity contribution in [2.45, 2.75) is 6.10 Å². The molecule has 0 spiro atoms. The first kappa shape index (κ1) is 17.6. The van der Waals surface area contributed by atoms with Crippen LogP contribution >= 0.6 is 0 Å². The second-order valence-electron chi connectivity index (χ2n) is 6.18. The molecule has 134 valence electrons. The Morgan fingerprint density at radius 1 is 1.00 bits per heavy atom. The number of nitrogens with zero attached hydrogens (tertiary/aromatic N) is 2. The van der Waals surface area contributed by atoms with Gasteiger partial charge in [-0.15, -0.1) is 0 Å². The number of ether oxygens (including phenoxy) is 1. The number of benzene rings is 2. The van der Waals surface area contributed by atoms with Crippen LogP contribution in [0.4, 0.5) is 14.5 Å². The summed E-state index contributed by atoms with van der Waals surface area (Å²) in [6, 6.07) is 11.5. The largest absolute Gasteiger partial charge is 0.497 e. The number of methoxy groups -OCH3 is 1. The number of anilines is 1. The third kappa shape index (κ3) is 4.27. The summed E-state index contributed by atoms with van der Waals surface area (Å²) < 4.78 is 31.5. The monoisotopic (exact) mass is 348 g/mol. The van der Waals surface area contributed by atoms with E-state index in [-0.39, 0.29) is 0 Å². The van der Waals surface area contributed by atoms with Gasteiger partial charge in [-0.3, -0.25) is 4.90 Å². The summed E-state index contributed by atoms with van der Waals surface area (Å²) in [7, 11) is 1.64. The van der Waals surface area contributed by atoms with Crippen LogP contribution in [0.1, 0.15) is 11.7 Å². The van der Waals surface area contributed by atoms with Gasteiger partial charge in [0.25, 0.3) is 0 Å². The van der Waals surface area contributed by atoms with Gasteiger partial charge in [-0.25, -0.2) is 8.78 Å². The van der Waals surface area contributed by atoms with Gasteiger partial charge in [0.2, 0.25) is 0 Å². The van der Waals surface area contributed by atoms with Crippen molar-refractivity contribution >= 4 is 5.69 Å². The van der Waals surface area contributed by atoms with E-state index in [0.717, 1.165) is 49.7 Å². The molecular formula is C19H22F2N2O2. The Morgan fingerprint density at radius 3 is 2.28 bits per heavy atom. The smallest absolute Gasteiger partial charge is 0.159 e. The van der Waals surface area contributed by atoms with Gasteiger partial charge in [0.15, 0.2) is 11.6 Å². The molecule has 6 heteroatoms. The van der Waals surface area contributed by atoms with Crippen LogP contribution in [0, 0.1) is 11.6 Å². The molecule has 0 unspecified atom stereocenters. The van der Waals surface area contributed by atoms with Crippen molar-refractivity contribution in [3.63, 3.8) is 0 Å². The second-order valence-corrected chi connectivity index (χ2v) is 6.18. The van der Waals surface area contributed by atoms with Crippen LogP contribution in [-0.4, -0.2) is 49.8 Å². The summed E-state index contributed by atoms with van der Waals surface area (Å²) in [6.45, 7) is 3.69. The number of piperazine rings is 1. The van der Waals surface area contributed by atoms with E-state index >= 15 is 0 Å². The number of hydrogen-bond donors (Lipinski definition) is 1. The van der Waals surface area contributed by atoms with Crippen LogP contribution in [0.3, 0.4) is 0 Å². The van der Waals surface area contributed by atoms with Crippen molar-refractivity contribution in [3.8, 4) is 5.75 Å². The zero-order chi connectivity index (χ0) is 17.8. The highest BCUT2D eigenvalue weighted by Crippen LogP contribution is 2.22. The number of rotatable bonds is 5. The summed E-state index contributed by atoms with van der Waals surface area (Å²) in [5.74, 6) is -0.998. The van der Waals surface area contributed by atoms with Crippen LogP contribution in [0.15, 0.2) is 42.5 Å². The Labute approximate surface area is 146 Å². The Bertz CT molecular complexity index is 701. The molecule has 25 heavy (non-hydrogen) atoms. The molecule has 0 aliphatic carbocycles. The Balaban J connectivity index is 1.53. The summed E-state index contributed by atoms with van der Waals surface area (Å²) in [5.41, 5.74) is 1.54. The molecular weight excluding hydrogens is 326 g/mol. The van der Waals surface area contributed by atoms with Crippen molar-refractivity contribution < 1.29 is 18.6 Å². The zero-order valence-electron chi connectivity index (χ0n) is 14.2. The van der Waals surface area contributed by atoms with Crippen molar-refractivity contribution in [3.05, 3.63) is 59.7 Å². The van der Waals surface area contributed by atoms with E-state index in [9.17, 15) is 13.9 Å². The predicted octanol–water partition coefficient (Wildman–Crippen LogP) is 2.83. The maximum Gasteiger partial charge on any atom is 0.159 e. The SMILES string of the molecule is COc1ccc(N2CCN(C[C@H](O)c3ccc(F)c(F)c3)CC2)cc1. The molecule has 1 aliphatic heterocycles. The Hall–Kier alpha value is -2.18. The van der Waals surface area contributed by atoms with Crippen LogP contribution in [-0.2, 0) is 0 Å². The summed E-state index contributed by atoms with van der Waals surface area (Å²) in [6.07, 6.45) is -0.831. The molecule has 3 rings (SSSR count). The summed E-state index contributed by atoms with van der Waals surface area (Å²) >= 11 is 0. The maximum atomic E-state index is 13.3. The van der Waals surface area contributed by atoms with E-state index in [1.807, 2.05) is 24.3 Å². The van der Waals surface area contributed by atoms with Crippen LogP contribution in [0.2, 0.25) is 0 Å². The van der Waals surface area contributed by atoms with E-state index in [2.05, 4.69) is 9.80 Å². The van der Waals surface area contributed by atoms with E-state index in [4.69, 9.17) is 4.74 Å². The first-order valence-corrected chi connectivity index (χ1v) is 8.31. The zero-order valence-corrected chi connectivity index (χ0v) is 14.2. The lowest BCUT2D eigenvalue weighted by molar-refractivity contribution is 0.109. The van der Waals surface area contributed by atoms with Gasteiger partial charge < -0.3 is 14.7 Å². The van der Waals surface area contributed by atoms with Gasteiger partial charge in [-0.2, -0.15) is 0 Å².